The second kappa shape index (κ2) is 5.91. The number of thioether (sulfide) groups is 1. The van der Waals surface area contributed by atoms with Gasteiger partial charge in [-0.2, -0.15) is 0 Å². The summed E-state index contributed by atoms with van der Waals surface area (Å²) in [6.07, 6.45) is 0. The Labute approximate surface area is 109 Å². The molecule has 1 heterocycles. The smallest absolute Gasteiger partial charge is 0.256 e. The fourth-order valence-electron chi connectivity index (χ4n) is 1.35. The first-order chi connectivity index (χ1) is 8.66. The molecule has 0 aliphatic rings. The zero-order valence-corrected chi connectivity index (χ0v) is 11.1. The quantitative estimate of drug-likeness (QED) is 0.612. The summed E-state index contributed by atoms with van der Waals surface area (Å²) in [7, 11) is 0. The molecule has 0 bridgehead atoms. The zero-order chi connectivity index (χ0) is 13.0. The van der Waals surface area contributed by atoms with Crippen molar-refractivity contribution in [3.63, 3.8) is 0 Å². The van der Waals surface area contributed by atoms with Crippen LogP contribution in [0, 0.1) is 19.7 Å². The number of nitrogens with zero attached hydrogens (tertiary/aromatic N) is 1. The largest absolute Gasteiger partial charge is 0.490 e. The Morgan fingerprint density at radius 1 is 1.33 bits per heavy atom. The summed E-state index contributed by atoms with van der Waals surface area (Å²) in [4.78, 5) is 4.24. The van der Waals surface area contributed by atoms with Crippen LogP contribution >= 0.6 is 11.8 Å². The van der Waals surface area contributed by atoms with E-state index in [9.17, 15) is 4.39 Å². The van der Waals surface area contributed by atoms with E-state index < -0.39 is 0 Å². The number of rotatable bonds is 5. The summed E-state index contributed by atoms with van der Waals surface area (Å²) in [5.41, 5.74) is 0.896. The lowest BCUT2D eigenvalue weighted by molar-refractivity contribution is 0.324. The zero-order valence-electron chi connectivity index (χ0n) is 10.3. The Hall–Kier alpha value is -1.49. The van der Waals surface area contributed by atoms with Crippen molar-refractivity contribution in [1.82, 2.24) is 4.98 Å². The van der Waals surface area contributed by atoms with Crippen LogP contribution in [0.2, 0.25) is 0 Å². The van der Waals surface area contributed by atoms with Crippen molar-refractivity contribution in [2.75, 3.05) is 12.4 Å². The molecule has 0 amide bonds. The fourth-order valence-corrected chi connectivity index (χ4v) is 2.07. The van der Waals surface area contributed by atoms with E-state index in [1.165, 1.54) is 17.8 Å². The molecular formula is C13H14FNO2S. The third kappa shape index (κ3) is 3.26. The van der Waals surface area contributed by atoms with Crippen molar-refractivity contribution < 1.29 is 13.5 Å². The lowest BCUT2D eigenvalue weighted by Crippen LogP contribution is -2.01. The van der Waals surface area contributed by atoms with Gasteiger partial charge in [0.2, 0.25) is 0 Å². The first-order valence-corrected chi connectivity index (χ1v) is 6.59. The highest BCUT2D eigenvalue weighted by Gasteiger charge is 2.06. The lowest BCUT2D eigenvalue weighted by atomic mass is 10.3. The maximum absolute atomic E-state index is 13.2. The third-order valence-electron chi connectivity index (χ3n) is 2.41. The molecule has 0 aliphatic carbocycles. The standard InChI is InChI=1S/C13H14FNO2S/c1-9-10(2)17-13(15-9)18-8-7-16-12-6-4-3-5-11(12)14/h3-6H,7-8H2,1-2H3. The van der Waals surface area contributed by atoms with E-state index in [-0.39, 0.29) is 11.6 Å². The molecule has 0 aliphatic heterocycles. The normalized spacial score (nSPS) is 10.6. The molecule has 0 saturated carbocycles. The van der Waals surface area contributed by atoms with Gasteiger partial charge in [0.15, 0.2) is 11.6 Å². The van der Waals surface area contributed by atoms with Gasteiger partial charge in [-0.3, -0.25) is 0 Å². The Bertz CT molecular complexity index is 508. The van der Waals surface area contributed by atoms with Gasteiger partial charge < -0.3 is 9.15 Å². The van der Waals surface area contributed by atoms with Crippen LogP contribution in [0.15, 0.2) is 33.9 Å². The number of benzene rings is 1. The lowest BCUT2D eigenvalue weighted by Gasteiger charge is -2.05. The summed E-state index contributed by atoms with van der Waals surface area (Å²) in [6.45, 7) is 4.19. The molecule has 0 fully saturated rings. The summed E-state index contributed by atoms with van der Waals surface area (Å²) >= 11 is 1.46. The summed E-state index contributed by atoms with van der Waals surface area (Å²) in [5.74, 6) is 1.42. The average Bonchev–Trinajstić information content (AvgIpc) is 2.66. The number of hydrogen-bond donors (Lipinski definition) is 0. The van der Waals surface area contributed by atoms with E-state index in [0.717, 1.165) is 11.5 Å². The molecule has 0 radical (unpaired) electrons. The highest BCUT2D eigenvalue weighted by atomic mass is 32.2. The maximum Gasteiger partial charge on any atom is 0.256 e. The molecule has 96 valence electrons. The number of ether oxygens (including phenoxy) is 1. The van der Waals surface area contributed by atoms with Crippen molar-refractivity contribution in [1.29, 1.82) is 0 Å². The number of aryl methyl sites for hydroxylation is 2. The molecule has 0 N–H and O–H groups in total. The van der Waals surface area contributed by atoms with E-state index in [0.29, 0.717) is 17.6 Å². The molecule has 5 heteroatoms. The first kappa shape index (κ1) is 13.0. The Kier molecular flexibility index (Phi) is 4.25. The number of aromatic nitrogens is 1. The minimum atomic E-state index is -0.342. The topological polar surface area (TPSA) is 35.3 Å². The first-order valence-electron chi connectivity index (χ1n) is 5.61. The molecule has 0 atom stereocenters. The second-order valence-corrected chi connectivity index (χ2v) is 4.79. The highest BCUT2D eigenvalue weighted by molar-refractivity contribution is 7.99. The molecular weight excluding hydrogens is 253 g/mol. The van der Waals surface area contributed by atoms with E-state index in [1.807, 2.05) is 13.8 Å². The molecule has 3 nitrogen and oxygen atoms in total. The SMILES string of the molecule is Cc1nc(SCCOc2ccccc2F)oc1C. The minimum Gasteiger partial charge on any atom is -0.490 e. The number of para-hydroxylation sites is 1. The molecule has 1 aromatic heterocycles. The minimum absolute atomic E-state index is 0.276. The molecule has 1 aromatic carbocycles. The van der Waals surface area contributed by atoms with Crippen LogP contribution in [0.5, 0.6) is 5.75 Å². The van der Waals surface area contributed by atoms with Gasteiger partial charge in [0, 0.05) is 5.75 Å². The van der Waals surface area contributed by atoms with E-state index in [2.05, 4.69) is 4.98 Å². The summed E-state index contributed by atoms with van der Waals surface area (Å²) in [6, 6.07) is 6.37. The van der Waals surface area contributed by atoms with Gasteiger partial charge >= 0.3 is 0 Å². The highest BCUT2D eigenvalue weighted by Crippen LogP contribution is 2.21. The van der Waals surface area contributed by atoms with Crippen LogP contribution in [-0.4, -0.2) is 17.3 Å². The molecule has 0 unspecified atom stereocenters. The monoisotopic (exact) mass is 267 g/mol. The Morgan fingerprint density at radius 2 is 2.11 bits per heavy atom. The summed E-state index contributed by atoms with van der Waals surface area (Å²) in [5, 5.41) is 0.627. The van der Waals surface area contributed by atoms with Gasteiger partial charge in [-0.05, 0) is 26.0 Å². The number of oxazole rings is 1. The van der Waals surface area contributed by atoms with Gasteiger partial charge in [0.25, 0.3) is 5.22 Å². The van der Waals surface area contributed by atoms with Crippen LogP contribution in [0.1, 0.15) is 11.5 Å². The van der Waals surface area contributed by atoms with Crippen molar-refractivity contribution in [2.24, 2.45) is 0 Å². The van der Waals surface area contributed by atoms with Crippen molar-refractivity contribution >= 4 is 11.8 Å². The van der Waals surface area contributed by atoms with E-state index >= 15 is 0 Å². The summed E-state index contributed by atoms with van der Waals surface area (Å²) < 4.78 is 24.0. The average molecular weight is 267 g/mol. The molecule has 2 rings (SSSR count). The van der Waals surface area contributed by atoms with Gasteiger partial charge in [-0.25, -0.2) is 9.37 Å². The Morgan fingerprint density at radius 3 is 2.78 bits per heavy atom. The molecule has 2 aromatic rings. The van der Waals surface area contributed by atoms with Crippen LogP contribution in [0.25, 0.3) is 0 Å². The van der Waals surface area contributed by atoms with Crippen LogP contribution < -0.4 is 4.74 Å². The molecule has 18 heavy (non-hydrogen) atoms. The van der Waals surface area contributed by atoms with Gasteiger partial charge in [-0.15, -0.1) is 0 Å². The van der Waals surface area contributed by atoms with Crippen molar-refractivity contribution in [3.05, 3.63) is 41.5 Å². The van der Waals surface area contributed by atoms with E-state index in [4.69, 9.17) is 9.15 Å². The number of halogens is 1. The molecule has 0 saturated heterocycles. The fraction of sp³-hybridized carbons (Fsp3) is 0.308. The maximum atomic E-state index is 13.2. The van der Waals surface area contributed by atoms with Crippen molar-refractivity contribution in [2.45, 2.75) is 19.1 Å². The predicted octanol–water partition coefficient (Wildman–Crippen LogP) is 3.60. The van der Waals surface area contributed by atoms with Crippen LogP contribution in [-0.2, 0) is 0 Å². The second-order valence-electron chi connectivity index (χ2n) is 3.75. The van der Waals surface area contributed by atoms with Gasteiger partial charge in [0.1, 0.15) is 5.76 Å². The van der Waals surface area contributed by atoms with Crippen molar-refractivity contribution in [3.8, 4) is 5.75 Å². The van der Waals surface area contributed by atoms with Gasteiger partial charge in [0.05, 0.1) is 12.3 Å². The van der Waals surface area contributed by atoms with Crippen LogP contribution in [0.3, 0.4) is 0 Å². The van der Waals surface area contributed by atoms with Gasteiger partial charge in [-0.1, -0.05) is 23.9 Å². The Balaban J connectivity index is 1.78. The van der Waals surface area contributed by atoms with E-state index in [1.54, 1.807) is 18.2 Å². The number of hydrogen-bond acceptors (Lipinski definition) is 4. The van der Waals surface area contributed by atoms with Crippen LogP contribution in [0.4, 0.5) is 4.39 Å². The predicted molar refractivity (Wildman–Crippen MR) is 68.6 cm³/mol. The third-order valence-corrected chi connectivity index (χ3v) is 3.20. The molecule has 0 spiro atoms.